The van der Waals surface area contributed by atoms with Crippen molar-refractivity contribution >= 4 is 11.8 Å². The molecule has 2 heterocycles. The molecule has 0 saturated carbocycles. The third-order valence-electron chi connectivity index (χ3n) is 2.70. The smallest absolute Gasteiger partial charge is 0.225 e. The van der Waals surface area contributed by atoms with Gasteiger partial charge in [-0.2, -0.15) is 4.98 Å². The minimum Gasteiger partial charge on any atom is -0.370 e. The average Bonchev–Trinajstić information content (AvgIpc) is 2.44. The molecule has 2 aromatic rings. The number of hydrogen-bond acceptors (Lipinski definition) is 5. The number of rotatable bonds is 6. The van der Waals surface area contributed by atoms with E-state index in [9.17, 15) is 0 Å². The first-order valence-corrected chi connectivity index (χ1v) is 6.87. The van der Waals surface area contributed by atoms with Crippen molar-refractivity contribution in [3.63, 3.8) is 0 Å². The van der Waals surface area contributed by atoms with Crippen LogP contribution in [0.15, 0.2) is 30.5 Å². The Morgan fingerprint density at radius 2 is 2.00 bits per heavy atom. The molecule has 2 rings (SSSR count). The van der Waals surface area contributed by atoms with E-state index in [1.54, 1.807) is 6.20 Å². The Morgan fingerprint density at radius 1 is 1.15 bits per heavy atom. The molecule has 0 radical (unpaired) electrons. The molecule has 0 amide bonds. The van der Waals surface area contributed by atoms with Crippen molar-refractivity contribution in [2.24, 2.45) is 5.92 Å². The summed E-state index contributed by atoms with van der Waals surface area (Å²) < 4.78 is 0. The molecular weight excluding hydrogens is 250 g/mol. The van der Waals surface area contributed by atoms with E-state index in [0.717, 1.165) is 23.8 Å². The SMILES string of the molecule is Cc1cc(NCC(C)C)nc(NCc2ccccn2)n1. The average molecular weight is 271 g/mol. The summed E-state index contributed by atoms with van der Waals surface area (Å²) in [5.41, 5.74) is 1.91. The summed E-state index contributed by atoms with van der Waals surface area (Å²) in [6, 6.07) is 7.80. The Bertz CT molecular complexity index is 539. The second-order valence-corrected chi connectivity index (χ2v) is 5.17. The van der Waals surface area contributed by atoms with Gasteiger partial charge in [0.1, 0.15) is 5.82 Å². The fraction of sp³-hybridized carbons (Fsp3) is 0.400. The number of nitrogens with zero attached hydrogens (tertiary/aromatic N) is 3. The summed E-state index contributed by atoms with van der Waals surface area (Å²) in [7, 11) is 0. The molecule has 2 aromatic heterocycles. The molecule has 0 aliphatic carbocycles. The van der Waals surface area contributed by atoms with Gasteiger partial charge in [0, 0.05) is 24.5 Å². The molecule has 0 bridgehead atoms. The van der Waals surface area contributed by atoms with Gasteiger partial charge in [0.2, 0.25) is 5.95 Å². The highest BCUT2D eigenvalue weighted by molar-refractivity contribution is 5.42. The van der Waals surface area contributed by atoms with Crippen LogP contribution in [0.2, 0.25) is 0 Å². The van der Waals surface area contributed by atoms with Gasteiger partial charge in [0.15, 0.2) is 0 Å². The molecule has 0 spiro atoms. The van der Waals surface area contributed by atoms with Crippen molar-refractivity contribution in [2.45, 2.75) is 27.3 Å². The molecule has 0 aromatic carbocycles. The lowest BCUT2D eigenvalue weighted by atomic mass is 10.2. The number of aryl methyl sites for hydroxylation is 1. The summed E-state index contributed by atoms with van der Waals surface area (Å²) >= 11 is 0. The summed E-state index contributed by atoms with van der Waals surface area (Å²) in [6.07, 6.45) is 1.78. The van der Waals surface area contributed by atoms with Crippen LogP contribution in [0.1, 0.15) is 25.2 Å². The van der Waals surface area contributed by atoms with Crippen LogP contribution in [0.5, 0.6) is 0 Å². The van der Waals surface area contributed by atoms with Crippen LogP contribution in [0.4, 0.5) is 11.8 Å². The first-order chi connectivity index (χ1) is 9.63. The molecular formula is C15H21N5. The van der Waals surface area contributed by atoms with Crippen molar-refractivity contribution < 1.29 is 0 Å². The fourth-order valence-electron chi connectivity index (χ4n) is 1.72. The van der Waals surface area contributed by atoms with Gasteiger partial charge >= 0.3 is 0 Å². The molecule has 0 atom stereocenters. The summed E-state index contributed by atoms with van der Waals surface area (Å²) in [6.45, 7) is 7.82. The molecule has 5 nitrogen and oxygen atoms in total. The number of anilines is 2. The molecule has 5 heteroatoms. The number of nitrogens with one attached hydrogen (secondary N) is 2. The highest BCUT2D eigenvalue weighted by Crippen LogP contribution is 2.11. The molecule has 0 saturated heterocycles. The molecule has 20 heavy (non-hydrogen) atoms. The number of aromatic nitrogens is 3. The van der Waals surface area contributed by atoms with Gasteiger partial charge in [0.25, 0.3) is 0 Å². The van der Waals surface area contributed by atoms with Gasteiger partial charge in [0.05, 0.1) is 12.2 Å². The van der Waals surface area contributed by atoms with Gasteiger partial charge in [-0.3, -0.25) is 4.98 Å². The Hall–Kier alpha value is -2.17. The number of pyridine rings is 1. The van der Waals surface area contributed by atoms with Crippen molar-refractivity contribution in [1.82, 2.24) is 15.0 Å². The third-order valence-corrected chi connectivity index (χ3v) is 2.70. The van der Waals surface area contributed by atoms with Gasteiger partial charge in [-0.05, 0) is 25.0 Å². The van der Waals surface area contributed by atoms with E-state index in [1.807, 2.05) is 31.2 Å². The maximum atomic E-state index is 4.46. The fourth-order valence-corrected chi connectivity index (χ4v) is 1.72. The summed E-state index contributed by atoms with van der Waals surface area (Å²) in [4.78, 5) is 13.1. The summed E-state index contributed by atoms with van der Waals surface area (Å²) in [5, 5.41) is 6.52. The monoisotopic (exact) mass is 271 g/mol. The van der Waals surface area contributed by atoms with Gasteiger partial charge in [-0.1, -0.05) is 19.9 Å². The van der Waals surface area contributed by atoms with Crippen molar-refractivity contribution in [3.8, 4) is 0 Å². The van der Waals surface area contributed by atoms with E-state index in [1.165, 1.54) is 0 Å². The lowest BCUT2D eigenvalue weighted by Crippen LogP contribution is -2.12. The zero-order valence-electron chi connectivity index (χ0n) is 12.2. The van der Waals surface area contributed by atoms with Crippen LogP contribution in [-0.2, 0) is 6.54 Å². The van der Waals surface area contributed by atoms with Crippen LogP contribution in [0, 0.1) is 12.8 Å². The van der Waals surface area contributed by atoms with E-state index in [0.29, 0.717) is 18.4 Å². The molecule has 0 fully saturated rings. The maximum Gasteiger partial charge on any atom is 0.225 e. The minimum atomic E-state index is 0.579. The first-order valence-electron chi connectivity index (χ1n) is 6.87. The Balaban J connectivity index is 2.00. The summed E-state index contributed by atoms with van der Waals surface area (Å²) in [5.74, 6) is 2.06. The second-order valence-electron chi connectivity index (χ2n) is 5.17. The van der Waals surface area contributed by atoms with Gasteiger partial charge in [-0.15, -0.1) is 0 Å². The third kappa shape index (κ3) is 4.50. The van der Waals surface area contributed by atoms with E-state index in [-0.39, 0.29) is 0 Å². The quantitative estimate of drug-likeness (QED) is 0.846. The van der Waals surface area contributed by atoms with Crippen LogP contribution in [0.25, 0.3) is 0 Å². The van der Waals surface area contributed by atoms with Crippen LogP contribution in [0.3, 0.4) is 0 Å². The second kappa shape index (κ2) is 6.84. The maximum absolute atomic E-state index is 4.46. The lowest BCUT2D eigenvalue weighted by molar-refractivity contribution is 0.686. The normalized spacial score (nSPS) is 10.6. The van der Waals surface area contributed by atoms with Crippen LogP contribution in [-0.4, -0.2) is 21.5 Å². The van der Waals surface area contributed by atoms with E-state index >= 15 is 0 Å². The van der Waals surface area contributed by atoms with Gasteiger partial charge in [-0.25, -0.2) is 4.98 Å². The Morgan fingerprint density at radius 3 is 2.70 bits per heavy atom. The first kappa shape index (κ1) is 14.2. The Kier molecular flexibility index (Phi) is 4.87. The highest BCUT2D eigenvalue weighted by atomic mass is 15.1. The van der Waals surface area contributed by atoms with Crippen molar-refractivity contribution in [3.05, 3.63) is 41.9 Å². The van der Waals surface area contributed by atoms with E-state index in [2.05, 4.69) is 39.4 Å². The van der Waals surface area contributed by atoms with E-state index < -0.39 is 0 Å². The number of hydrogen-bond donors (Lipinski definition) is 2. The van der Waals surface area contributed by atoms with Crippen LogP contribution >= 0.6 is 0 Å². The molecule has 0 unspecified atom stereocenters. The molecule has 2 N–H and O–H groups in total. The standard InChI is InChI=1S/C15H21N5/c1-11(2)9-17-14-8-12(3)19-15(20-14)18-10-13-6-4-5-7-16-13/h4-8,11H,9-10H2,1-3H3,(H2,17,18,19,20). The molecule has 0 aliphatic heterocycles. The minimum absolute atomic E-state index is 0.579. The predicted molar refractivity (Wildman–Crippen MR) is 81.7 cm³/mol. The van der Waals surface area contributed by atoms with Crippen molar-refractivity contribution in [1.29, 1.82) is 0 Å². The van der Waals surface area contributed by atoms with Crippen LogP contribution < -0.4 is 10.6 Å². The molecule has 0 aliphatic rings. The van der Waals surface area contributed by atoms with E-state index in [4.69, 9.17) is 0 Å². The zero-order valence-corrected chi connectivity index (χ0v) is 12.2. The topological polar surface area (TPSA) is 62.7 Å². The molecule has 106 valence electrons. The predicted octanol–water partition coefficient (Wildman–Crippen LogP) is 2.86. The lowest BCUT2D eigenvalue weighted by Gasteiger charge is -2.11. The Labute approximate surface area is 119 Å². The van der Waals surface area contributed by atoms with Gasteiger partial charge < -0.3 is 10.6 Å². The largest absolute Gasteiger partial charge is 0.370 e. The van der Waals surface area contributed by atoms with Crippen molar-refractivity contribution in [2.75, 3.05) is 17.2 Å². The zero-order chi connectivity index (χ0) is 14.4. The highest BCUT2D eigenvalue weighted by Gasteiger charge is 2.03.